The smallest absolute Gasteiger partial charge is 0.137 e. The van der Waals surface area contributed by atoms with Gasteiger partial charge in [0.25, 0.3) is 0 Å². The SMILES string of the molecule is Cc1cccc2cc(C(NN)c3ncc(Cl)cc3Cl)oc12. The molecule has 3 rings (SSSR count). The number of nitrogens with one attached hydrogen (secondary N) is 1. The van der Waals surface area contributed by atoms with Crippen molar-refractivity contribution in [2.24, 2.45) is 5.84 Å². The number of halogens is 2. The summed E-state index contributed by atoms with van der Waals surface area (Å²) in [6, 6.07) is 9.08. The molecule has 0 fully saturated rings. The summed E-state index contributed by atoms with van der Waals surface area (Å²) in [5, 5.41) is 1.91. The maximum absolute atomic E-state index is 6.20. The molecule has 4 nitrogen and oxygen atoms in total. The third kappa shape index (κ3) is 2.63. The van der Waals surface area contributed by atoms with E-state index in [1.54, 1.807) is 6.07 Å². The number of aromatic nitrogens is 1. The zero-order valence-electron chi connectivity index (χ0n) is 11.2. The number of rotatable bonds is 3. The molecule has 21 heavy (non-hydrogen) atoms. The molecule has 0 aliphatic carbocycles. The Morgan fingerprint density at radius 3 is 2.76 bits per heavy atom. The molecule has 0 bridgehead atoms. The Bertz CT molecular complexity index is 801. The molecule has 0 saturated heterocycles. The van der Waals surface area contributed by atoms with Crippen LogP contribution in [0.1, 0.15) is 23.1 Å². The Balaban J connectivity index is 2.11. The van der Waals surface area contributed by atoms with Crippen LogP contribution in [0.5, 0.6) is 0 Å². The highest BCUT2D eigenvalue weighted by atomic mass is 35.5. The Labute approximate surface area is 131 Å². The molecule has 0 aliphatic rings. The lowest BCUT2D eigenvalue weighted by atomic mass is 10.1. The number of hydrogen-bond acceptors (Lipinski definition) is 4. The molecule has 1 unspecified atom stereocenters. The first-order valence-electron chi connectivity index (χ1n) is 6.36. The predicted octanol–water partition coefficient (Wildman–Crippen LogP) is 4.00. The Kier molecular flexibility index (Phi) is 3.87. The number of fused-ring (bicyclic) bond motifs is 1. The van der Waals surface area contributed by atoms with E-state index in [1.165, 1.54) is 6.20 Å². The second kappa shape index (κ2) is 5.66. The van der Waals surface area contributed by atoms with Crippen LogP contribution < -0.4 is 11.3 Å². The highest BCUT2D eigenvalue weighted by Gasteiger charge is 2.21. The second-order valence-electron chi connectivity index (χ2n) is 4.76. The van der Waals surface area contributed by atoms with E-state index < -0.39 is 6.04 Å². The Morgan fingerprint density at radius 2 is 2.10 bits per heavy atom. The van der Waals surface area contributed by atoms with Crippen molar-refractivity contribution in [1.29, 1.82) is 0 Å². The molecular formula is C15H13Cl2N3O. The van der Waals surface area contributed by atoms with Gasteiger partial charge in [0.2, 0.25) is 0 Å². The van der Waals surface area contributed by atoms with Gasteiger partial charge >= 0.3 is 0 Å². The van der Waals surface area contributed by atoms with E-state index in [2.05, 4.69) is 10.4 Å². The highest BCUT2D eigenvalue weighted by molar-refractivity contribution is 6.34. The first-order chi connectivity index (χ1) is 10.1. The second-order valence-corrected chi connectivity index (χ2v) is 5.61. The first kappa shape index (κ1) is 14.4. The van der Waals surface area contributed by atoms with Crippen molar-refractivity contribution in [3.8, 4) is 0 Å². The maximum Gasteiger partial charge on any atom is 0.137 e. The van der Waals surface area contributed by atoms with Crippen LogP contribution in [-0.4, -0.2) is 4.98 Å². The normalized spacial score (nSPS) is 12.8. The molecular weight excluding hydrogens is 309 g/mol. The molecule has 0 aliphatic heterocycles. The fourth-order valence-corrected chi connectivity index (χ4v) is 2.79. The minimum absolute atomic E-state index is 0.433. The fraction of sp³-hybridized carbons (Fsp3) is 0.133. The van der Waals surface area contributed by atoms with Crippen LogP contribution in [0.25, 0.3) is 11.0 Å². The van der Waals surface area contributed by atoms with Crippen molar-refractivity contribution in [3.63, 3.8) is 0 Å². The third-order valence-corrected chi connectivity index (χ3v) is 3.83. The monoisotopic (exact) mass is 321 g/mol. The highest BCUT2D eigenvalue weighted by Crippen LogP contribution is 2.32. The molecule has 3 N–H and O–H groups in total. The summed E-state index contributed by atoms with van der Waals surface area (Å²) in [5.74, 6) is 6.31. The van der Waals surface area contributed by atoms with Gasteiger partial charge in [0, 0.05) is 11.6 Å². The molecule has 108 valence electrons. The molecule has 0 amide bonds. The summed E-state index contributed by atoms with van der Waals surface area (Å²) >= 11 is 12.1. The number of nitrogens with two attached hydrogens (primary N) is 1. The molecule has 0 saturated carbocycles. The quantitative estimate of drug-likeness (QED) is 0.565. The van der Waals surface area contributed by atoms with E-state index in [0.29, 0.717) is 21.5 Å². The van der Waals surface area contributed by atoms with Gasteiger partial charge in [-0.25, -0.2) is 5.43 Å². The molecule has 6 heteroatoms. The van der Waals surface area contributed by atoms with Crippen molar-refractivity contribution in [3.05, 3.63) is 63.6 Å². The zero-order chi connectivity index (χ0) is 15.0. The van der Waals surface area contributed by atoms with E-state index in [1.807, 2.05) is 31.2 Å². The van der Waals surface area contributed by atoms with Crippen LogP contribution in [0.15, 0.2) is 40.9 Å². The van der Waals surface area contributed by atoms with Gasteiger partial charge in [0.05, 0.1) is 15.7 Å². The first-order valence-corrected chi connectivity index (χ1v) is 7.12. The number of pyridine rings is 1. The summed E-state index contributed by atoms with van der Waals surface area (Å²) in [7, 11) is 0. The number of benzene rings is 1. The van der Waals surface area contributed by atoms with Crippen LogP contribution in [0, 0.1) is 6.92 Å². The molecule has 3 aromatic rings. The minimum atomic E-state index is -0.443. The van der Waals surface area contributed by atoms with Crippen LogP contribution in [0.3, 0.4) is 0 Å². The lowest BCUT2D eigenvalue weighted by Crippen LogP contribution is -2.29. The summed E-state index contributed by atoms with van der Waals surface area (Å²) in [4.78, 5) is 4.25. The molecule has 0 radical (unpaired) electrons. The summed E-state index contributed by atoms with van der Waals surface area (Å²) in [5.41, 5.74) is 5.15. The molecule has 1 atom stereocenters. The van der Waals surface area contributed by atoms with Crippen molar-refractivity contribution in [1.82, 2.24) is 10.4 Å². The van der Waals surface area contributed by atoms with E-state index in [9.17, 15) is 0 Å². The van der Waals surface area contributed by atoms with Gasteiger partial charge in [-0.1, -0.05) is 41.4 Å². The summed E-state index contributed by atoms with van der Waals surface area (Å²) in [6.07, 6.45) is 1.53. The van der Waals surface area contributed by atoms with Crippen molar-refractivity contribution in [2.75, 3.05) is 0 Å². The minimum Gasteiger partial charge on any atom is -0.459 e. The molecule has 2 aromatic heterocycles. The van der Waals surface area contributed by atoms with Crippen LogP contribution in [-0.2, 0) is 0 Å². The van der Waals surface area contributed by atoms with Crippen LogP contribution >= 0.6 is 23.2 Å². The fourth-order valence-electron chi connectivity index (χ4n) is 2.30. The van der Waals surface area contributed by atoms with E-state index >= 15 is 0 Å². The maximum atomic E-state index is 6.20. The number of hydrogen-bond donors (Lipinski definition) is 2. The van der Waals surface area contributed by atoms with E-state index in [4.69, 9.17) is 33.5 Å². The lowest BCUT2D eigenvalue weighted by Gasteiger charge is -2.14. The number of aryl methyl sites for hydroxylation is 1. The average Bonchev–Trinajstić information content (AvgIpc) is 2.87. The Morgan fingerprint density at radius 1 is 1.29 bits per heavy atom. The van der Waals surface area contributed by atoms with Gasteiger partial charge in [-0.2, -0.15) is 0 Å². The van der Waals surface area contributed by atoms with E-state index in [0.717, 1.165) is 16.5 Å². The van der Waals surface area contributed by atoms with Gasteiger partial charge < -0.3 is 4.42 Å². The topological polar surface area (TPSA) is 64.1 Å². The Hall–Kier alpha value is -1.59. The van der Waals surface area contributed by atoms with Gasteiger partial charge in [-0.05, 0) is 24.6 Å². The van der Waals surface area contributed by atoms with Crippen molar-refractivity contribution in [2.45, 2.75) is 13.0 Å². The number of furan rings is 1. The van der Waals surface area contributed by atoms with Gasteiger partial charge in [0.15, 0.2) is 0 Å². The van der Waals surface area contributed by atoms with Crippen molar-refractivity contribution >= 4 is 34.2 Å². The van der Waals surface area contributed by atoms with Gasteiger partial charge in [-0.15, -0.1) is 0 Å². The number of para-hydroxylation sites is 1. The van der Waals surface area contributed by atoms with Gasteiger partial charge in [0.1, 0.15) is 17.4 Å². The van der Waals surface area contributed by atoms with E-state index in [-0.39, 0.29) is 0 Å². The standard InChI is InChI=1S/C15H13Cl2N3O/c1-8-3-2-4-9-5-12(21-15(8)9)14(20-18)13-11(17)6-10(16)7-19-13/h2-7,14,20H,18H2,1H3. The number of hydrazine groups is 1. The molecule has 1 aromatic carbocycles. The predicted molar refractivity (Wildman–Crippen MR) is 84.4 cm³/mol. The number of nitrogens with zero attached hydrogens (tertiary/aromatic N) is 1. The largest absolute Gasteiger partial charge is 0.459 e. The van der Waals surface area contributed by atoms with Gasteiger partial charge in [-0.3, -0.25) is 10.8 Å². The third-order valence-electron chi connectivity index (χ3n) is 3.32. The van der Waals surface area contributed by atoms with Crippen LogP contribution in [0.4, 0.5) is 0 Å². The molecule has 0 spiro atoms. The lowest BCUT2D eigenvalue weighted by molar-refractivity contribution is 0.470. The van der Waals surface area contributed by atoms with Crippen molar-refractivity contribution < 1.29 is 4.42 Å². The summed E-state index contributed by atoms with van der Waals surface area (Å²) in [6.45, 7) is 1.99. The summed E-state index contributed by atoms with van der Waals surface area (Å²) < 4.78 is 5.92. The average molecular weight is 322 g/mol. The molecule has 2 heterocycles. The zero-order valence-corrected chi connectivity index (χ0v) is 12.7. The van der Waals surface area contributed by atoms with Crippen LogP contribution in [0.2, 0.25) is 10.0 Å².